The van der Waals surface area contributed by atoms with Crippen molar-refractivity contribution in [2.75, 3.05) is 19.6 Å². The van der Waals surface area contributed by atoms with Crippen molar-refractivity contribution in [2.45, 2.75) is 49.9 Å². The smallest absolute Gasteiger partial charge is 0.0963 e. The molecule has 2 heterocycles. The van der Waals surface area contributed by atoms with E-state index in [1.165, 1.54) is 33.4 Å². The zero-order valence-electron chi connectivity index (χ0n) is 18.7. The average Bonchev–Trinajstić information content (AvgIpc) is 3.09. The molecule has 0 radical (unpaired) electrons. The van der Waals surface area contributed by atoms with E-state index in [9.17, 15) is 0 Å². The predicted molar refractivity (Wildman–Crippen MR) is 129 cm³/mol. The van der Waals surface area contributed by atoms with Gasteiger partial charge in [-0.15, -0.1) is 0 Å². The first-order valence-electron chi connectivity index (χ1n) is 12.1. The van der Waals surface area contributed by atoms with Gasteiger partial charge in [0.15, 0.2) is 0 Å². The van der Waals surface area contributed by atoms with Crippen molar-refractivity contribution in [3.05, 3.63) is 106 Å². The SMILES string of the molecule is NC(CN1CCC2(CC1)OCc1ccccc12)C1c2ccccc2CCc2ccccc21. The maximum absolute atomic E-state index is 7.03. The van der Waals surface area contributed by atoms with Crippen LogP contribution in [0, 0.1) is 0 Å². The summed E-state index contributed by atoms with van der Waals surface area (Å²) in [5, 5.41) is 0. The molecular formula is C29H32N2O. The van der Waals surface area contributed by atoms with E-state index < -0.39 is 0 Å². The first-order valence-corrected chi connectivity index (χ1v) is 12.1. The van der Waals surface area contributed by atoms with E-state index in [4.69, 9.17) is 10.5 Å². The highest BCUT2D eigenvalue weighted by Gasteiger charge is 2.42. The van der Waals surface area contributed by atoms with Crippen LogP contribution in [0.3, 0.4) is 0 Å². The molecule has 3 aliphatic rings. The van der Waals surface area contributed by atoms with Gasteiger partial charge < -0.3 is 15.4 Å². The summed E-state index contributed by atoms with van der Waals surface area (Å²) in [6.45, 7) is 3.76. The van der Waals surface area contributed by atoms with Crippen molar-refractivity contribution in [1.29, 1.82) is 0 Å². The average molecular weight is 425 g/mol. The maximum atomic E-state index is 7.03. The molecule has 1 saturated heterocycles. The molecule has 2 N–H and O–H groups in total. The van der Waals surface area contributed by atoms with Gasteiger partial charge in [-0.3, -0.25) is 0 Å². The summed E-state index contributed by atoms with van der Waals surface area (Å²) in [6.07, 6.45) is 4.29. The third kappa shape index (κ3) is 3.40. The molecule has 1 fully saturated rings. The Hall–Kier alpha value is -2.46. The van der Waals surface area contributed by atoms with Gasteiger partial charge in [-0.05, 0) is 59.1 Å². The van der Waals surface area contributed by atoms with Crippen LogP contribution < -0.4 is 5.73 Å². The number of hydrogen-bond acceptors (Lipinski definition) is 3. The maximum Gasteiger partial charge on any atom is 0.0963 e. The highest BCUT2D eigenvalue weighted by Crippen LogP contribution is 2.44. The molecule has 1 spiro atoms. The number of ether oxygens (including phenoxy) is 1. The van der Waals surface area contributed by atoms with Crippen molar-refractivity contribution in [2.24, 2.45) is 5.73 Å². The summed E-state index contributed by atoms with van der Waals surface area (Å²) in [4.78, 5) is 2.57. The Labute approximate surface area is 191 Å². The number of aryl methyl sites for hydroxylation is 2. The summed E-state index contributed by atoms with van der Waals surface area (Å²) >= 11 is 0. The first-order chi connectivity index (χ1) is 15.7. The summed E-state index contributed by atoms with van der Waals surface area (Å²) in [6, 6.07) is 26.7. The van der Waals surface area contributed by atoms with E-state index in [0.717, 1.165) is 51.9 Å². The summed E-state index contributed by atoms with van der Waals surface area (Å²) < 4.78 is 6.37. The second-order valence-electron chi connectivity index (χ2n) is 9.78. The number of nitrogens with two attached hydrogens (primary N) is 1. The van der Waals surface area contributed by atoms with Crippen molar-refractivity contribution < 1.29 is 4.74 Å². The number of likely N-dealkylation sites (tertiary alicyclic amines) is 1. The molecule has 1 unspecified atom stereocenters. The molecule has 1 atom stereocenters. The lowest BCUT2D eigenvalue weighted by Gasteiger charge is -2.41. The molecule has 3 aromatic carbocycles. The van der Waals surface area contributed by atoms with E-state index in [1.54, 1.807) is 0 Å². The minimum absolute atomic E-state index is 0.0706. The van der Waals surface area contributed by atoms with E-state index >= 15 is 0 Å². The number of hydrogen-bond donors (Lipinski definition) is 1. The van der Waals surface area contributed by atoms with Gasteiger partial charge in [0.1, 0.15) is 0 Å². The molecule has 0 saturated carbocycles. The van der Waals surface area contributed by atoms with Crippen LogP contribution in [0.1, 0.15) is 52.1 Å². The van der Waals surface area contributed by atoms with Gasteiger partial charge in [-0.25, -0.2) is 0 Å². The van der Waals surface area contributed by atoms with Gasteiger partial charge in [0, 0.05) is 31.6 Å². The van der Waals surface area contributed by atoms with Gasteiger partial charge in [0.25, 0.3) is 0 Å². The number of fused-ring (bicyclic) bond motifs is 4. The molecule has 1 aliphatic carbocycles. The van der Waals surface area contributed by atoms with Crippen LogP contribution in [0.5, 0.6) is 0 Å². The quantitative estimate of drug-likeness (QED) is 0.658. The van der Waals surface area contributed by atoms with Crippen LogP contribution in [0.4, 0.5) is 0 Å². The summed E-state index contributed by atoms with van der Waals surface area (Å²) in [5.74, 6) is 0.254. The van der Waals surface area contributed by atoms with Crippen LogP contribution in [0.25, 0.3) is 0 Å². The molecule has 164 valence electrons. The zero-order valence-corrected chi connectivity index (χ0v) is 18.7. The van der Waals surface area contributed by atoms with Crippen LogP contribution in [-0.2, 0) is 29.8 Å². The monoisotopic (exact) mass is 424 g/mol. The van der Waals surface area contributed by atoms with E-state index in [2.05, 4.69) is 77.7 Å². The fraction of sp³-hybridized carbons (Fsp3) is 0.379. The van der Waals surface area contributed by atoms with Crippen LogP contribution in [-0.4, -0.2) is 30.6 Å². The molecule has 32 heavy (non-hydrogen) atoms. The van der Waals surface area contributed by atoms with Crippen molar-refractivity contribution in [1.82, 2.24) is 4.90 Å². The summed E-state index contributed by atoms with van der Waals surface area (Å²) in [7, 11) is 0. The van der Waals surface area contributed by atoms with E-state index in [1.807, 2.05) is 0 Å². The molecule has 0 amide bonds. The standard InChI is InChI=1S/C29H32N2O/c30-27(19-31-17-15-29(16-18-31)26-12-6-3-9-23(26)20-32-29)28-24-10-4-1-7-21(24)13-14-22-8-2-5-11-25(22)28/h1-12,27-28H,13-20,30H2. The normalized spacial score (nSPS) is 20.9. The molecule has 3 heteroatoms. The summed E-state index contributed by atoms with van der Waals surface area (Å²) in [5.41, 5.74) is 15.5. The number of rotatable bonds is 3. The third-order valence-electron chi connectivity index (χ3n) is 8.02. The topological polar surface area (TPSA) is 38.5 Å². The predicted octanol–water partition coefficient (Wildman–Crippen LogP) is 4.77. The minimum atomic E-state index is -0.0846. The lowest BCUT2D eigenvalue weighted by Crippen LogP contribution is -2.48. The third-order valence-corrected chi connectivity index (χ3v) is 8.02. The van der Waals surface area contributed by atoms with Gasteiger partial charge >= 0.3 is 0 Å². The highest BCUT2D eigenvalue weighted by atomic mass is 16.5. The molecule has 2 aliphatic heterocycles. The van der Waals surface area contributed by atoms with Crippen molar-refractivity contribution >= 4 is 0 Å². The van der Waals surface area contributed by atoms with Crippen LogP contribution in [0.2, 0.25) is 0 Å². The second kappa shape index (κ2) is 8.15. The Kier molecular flexibility index (Phi) is 5.14. The largest absolute Gasteiger partial charge is 0.365 e. The first kappa shape index (κ1) is 20.2. The fourth-order valence-corrected chi connectivity index (χ4v) is 6.33. The Morgan fingerprint density at radius 2 is 1.38 bits per heavy atom. The van der Waals surface area contributed by atoms with Gasteiger partial charge in [0.2, 0.25) is 0 Å². The highest BCUT2D eigenvalue weighted by molar-refractivity contribution is 5.46. The molecule has 3 nitrogen and oxygen atoms in total. The molecule has 0 bridgehead atoms. The minimum Gasteiger partial charge on any atom is -0.365 e. The lowest BCUT2D eigenvalue weighted by molar-refractivity contribution is -0.0793. The number of piperidine rings is 1. The lowest BCUT2D eigenvalue weighted by atomic mass is 9.81. The van der Waals surface area contributed by atoms with Crippen molar-refractivity contribution in [3.8, 4) is 0 Å². The van der Waals surface area contributed by atoms with Gasteiger partial charge in [-0.1, -0.05) is 72.8 Å². The Bertz CT molecular complexity index is 1070. The van der Waals surface area contributed by atoms with Gasteiger partial charge in [0.05, 0.1) is 12.2 Å². The molecule has 6 rings (SSSR count). The van der Waals surface area contributed by atoms with Crippen LogP contribution in [0.15, 0.2) is 72.8 Å². The number of benzene rings is 3. The molecule has 3 aromatic rings. The Balaban J connectivity index is 1.22. The van der Waals surface area contributed by atoms with E-state index in [0.29, 0.717) is 0 Å². The van der Waals surface area contributed by atoms with Crippen molar-refractivity contribution in [3.63, 3.8) is 0 Å². The Morgan fingerprint density at radius 1 is 0.812 bits per heavy atom. The number of nitrogens with zero attached hydrogens (tertiary/aromatic N) is 1. The van der Waals surface area contributed by atoms with E-state index in [-0.39, 0.29) is 17.6 Å². The second-order valence-corrected chi connectivity index (χ2v) is 9.78. The molecule has 0 aromatic heterocycles. The van der Waals surface area contributed by atoms with Crippen LogP contribution >= 0.6 is 0 Å². The van der Waals surface area contributed by atoms with Gasteiger partial charge in [-0.2, -0.15) is 0 Å². The zero-order chi connectivity index (χ0) is 21.5. The molecular weight excluding hydrogens is 392 g/mol. The fourth-order valence-electron chi connectivity index (χ4n) is 6.33. The Morgan fingerprint density at radius 3 is 2.03 bits per heavy atom.